The number of hydrogen-bond acceptors (Lipinski definition) is 6. The first-order chi connectivity index (χ1) is 8.58. The van der Waals surface area contributed by atoms with Gasteiger partial charge in [0.25, 0.3) is 0 Å². The van der Waals surface area contributed by atoms with Gasteiger partial charge in [0.15, 0.2) is 17.2 Å². The summed E-state index contributed by atoms with van der Waals surface area (Å²) in [6, 6.07) is 2.05. The SMILES string of the molecule is O=C(OC1CC=COC1)c1cc(O)c(O)c(O)c1. The topological polar surface area (TPSA) is 96.2 Å². The van der Waals surface area contributed by atoms with Crippen LogP contribution < -0.4 is 0 Å². The highest BCUT2D eigenvalue weighted by atomic mass is 16.6. The van der Waals surface area contributed by atoms with Crippen molar-refractivity contribution in [1.82, 2.24) is 0 Å². The monoisotopic (exact) mass is 252 g/mol. The molecular formula is C12H12O6. The lowest BCUT2D eigenvalue weighted by Crippen LogP contribution is -2.24. The zero-order valence-electron chi connectivity index (χ0n) is 9.37. The summed E-state index contributed by atoms with van der Waals surface area (Å²) in [5, 5.41) is 27.7. The van der Waals surface area contributed by atoms with Crippen LogP contribution in [0.3, 0.4) is 0 Å². The van der Waals surface area contributed by atoms with E-state index in [1.807, 2.05) is 0 Å². The smallest absolute Gasteiger partial charge is 0.338 e. The molecule has 6 nitrogen and oxygen atoms in total. The van der Waals surface area contributed by atoms with Crippen LogP contribution in [0.5, 0.6) is 17.2 Å². The quantitative estimate of drug-likeness (QED) is 0.541. The van der Waals surface area contributed by atoms with Gasteiger partial charge in [-0.3, -0.25) is 0 Å². The van der Waals surface area contributed by atoms with Crippen LogP contribution in [0.2, 0.25) is 0 Å². The average molecular weight is 252 g/mol. The summed E-state index contributed by atoms with van der Waals surface area (Å²) in [5.41, 5.74) is -0.0441. The lowest BCUT2D eigenvalue weighted by atomic mass is 10.1. The highest BCUT2D eigenvalue weighted by Crippen LogP contribution is 2.35. The largest absolute Gasteiger partial charge is 0.504 e. The van der Waals surface area contributed by atoms with Gasteiger partial charge in [0.1, 0.15) is 12.7 Å². The minimum absolute atomic E-state index is 0.0441. The van der Waals surface area contributed by atoms with Gasteiger partial charge in [0, 0.05) is 6.42 Å². The molecule has 96 valence electrons. The van der Waals surface area contributed by atoms with Crippen LogP contribution in [-0.4, -0.2) is 34.0 Å². The summed E-state index contributed by atoms with van der Waals surface area (Å²) in [6.45, 7) is 0.262. The predicted octanol–water partition coefficient (Wildman–Crippen LogP) is 1.26. The van der Waals surface area contributed by atoms with Crippen molar-refractivity contribution in [3.05, 3.63) is 30.0 Å². The predicted molar refractivity (Wildman–Crippen MR) is 60.3 cm³/mol. The zero-order valence-corrected chi connectivity index (χ0v) is 9.37. The Morgan fingerprint density at radius 2 is 1.94 bits per heavy atom. The van der Waals surface area contributed by atoms with Crippen LogP contribution in [0.4, 0.5) is 0 Å². The maximum atomic E-state index is 11.7. The number of carbonyl (C=O) groups excluding carboxylic acids is 1. The fourth-order valence-corrected chi connectivity index (χ4v) is 1.53. The van der Waals surface area contributed by atoms with Crippen molar-refractivity contribution in [3.8, 4) is 17.2 Å². The van der Waals surface area contributed by atoms with E-state index >= 15 is 0 Å². The summed E-state index contributed by atoms with van der Waals surface area (Å²) >= 11 is 0. The highest BCUT2D eigenvalue weighted by molar-refractivity contribution is 5.91. The number of aromatic hydroxyl groups is 3. The Labute approximate surface area is 103 Å². The molecule has 0 saturated heterocycles. The molecule has 1 aromatic carbocycles. The molecule has 0 spiro atoms. The maximum Gasteiger partial charge on any atom is 0.338 e. The van der Waals surface area contributed by atoms with Crippen LogP contribution in [0, 0.1) is 0 Å². The molecule has 0 fully saturated rings. The van der Waals surface area contributed by atoms with Crippen molar-refractivity contribution in [1.29, 1.82) is 0 Å². The Morgan fingerprint density at radius 3 is 2.50 bits per heavy atom. The Morgan fingerprint density at radius 1 is 1.28 bits per heavy atom. The van der Waals surface area contributed by atoms with Crippen LogP contribution in [0.15, 0.2) is 24.5 Å². The Kier molecular flexibility index (Phi) is 3.27. The van der Waals surface area contributed by atoms with E-state index in [1.54, 1.807) is 6.08 Å². The van der Waals surface area contributed by atoms with Crippen molar-refractivity contribution in [2.45, 2.75) is 12.5 Å². The van der Waals surface area contributed by atoms with Crippen molar-refractivity contribution in [3.63, 3.8) is 0 Å². The second-order valence-corrected chi connectivity index (χ2v) is 3.83. The number of ether oxygens (including phenoxy) is 2. The summed E-state index contributed by atoms with van der Waals surface area (Å²) in [7, 11) is 0. The van der Waals surface area contributed by atoms with Gasteiger partial charge in [0.2, 0.25) is 0 Å². The molecule has 0 bridgehead atoms. The minimum Gasteiger partial charge on any atom is -0.504 e. The lowest BCUT2D eigenvalue weighted by molar-refractivity contribution is 0.00783. The number of phenols is 3. The molecule has 0 aliphatic carbocycles. The van der Waals surface area contributed by atoms with Gasteiger partial charge < -0.3 is 24.8 Å². The van der Waals surface area contributed by atoms with E-state index in [9.17, 15) is 15.0 Å². The van der Waals surface area contributed by atoms with Gasteiger partial charge >= 0.3 is 5.97 Å². The Balaban J connectivity index is 2.11. The summed E-state index contributed by atoms with van der Waals surface area (Å²) in [5.74, 6) is -2.54. The molecule has 0 amide bonds. The lowest BCUT2D eigenvalue weighted by Gasteiger charge is -2.19. The van der Waals surface area contributed by atoms with E-state index in [-0.39, 0.29) is 12.2 Å². The average Bonchev–Trinajstić information content (AvgIpc) is 2.36. The first-order valence-electron chi connectivity index (χ1n) is 5.30. The van der Waals surface area contributed by atoms with E-state index < -0.39 is 29.3 Å². The molecular weight excluding hydrogens is 240 g/mol. The molecule has 1 aromatic rings. The second-order valence-electron chi connectivity index (χ2n) is 3.83. The molecule has 1 heterocycles. The third-order valence-electron chi connectivity index (χ3n) is 2.45. The van der Waals surface area contributed by atoms with E-state index in [0.717, 1.165) is 12.1 Å². The van der Waals surface area contributed by atoms with Gasteiger partial charge in [-0.1, -0.05) is 0 Å². The van der Waals surface area contributed by atoms with Gasteiger partial charge in [-0.25, -0.2) is 4.79 Å². The van der Waals surface area contributed by atoms with E-state index in [0.29, 0.717) is 6.42 Å². The first kappa shape index (κ1) is 12.1. The van der Waals surface area contributed by atoms with Crippen LogP contribution in [0.25, 0.3) is 0 Å². The van der Waals surface area contributed by atoms with E-state index in [4.69, 9.17) is 14.6 Å². The fourth-order valence-electron chi connectivity index (χ4n) is 1.53. The number of benzene rings is 1. The molecule has 1 atom stereocenters. The molecule has 1 unspecified atom stereocenters. The van der Waals surface area contributed by atoms with Gasteiger partial charge in [-0.2, -0.15) is 0 Å². The number of carbonyl (C=O) groups is 1. The number of phenolic OH excluding ortho intramolecular Hbond substituents is 3. The number of hydrogen-bond donors (Lipinski definition) is 3. The van der Waals surface area contributed by atoms with Gasteiger partial charge in [0.05, 0.1) is 11.8 Å². The van der Waals surface area contributed by atoms with Crippen molar-refractivity contribution >= 4 is 5.97 Å². The Bertz CT molecular complexity index is 470. The Hall–Kier alpha value is -2.37. The fraction of sp³-hybridized carbons (Fsp3) is 0.250. The third-order valence-corrected chi connectivity index (χ3v) is 2.45. The first-order valence-corrected chi connectivity index (χ1v) is 5.30. The van der Waals surface area contributed by atoms with Crippen molar-refractivity contribution < 1.29 is 29.6 Å². The van der Waals surface area contributed by atoms with E-state index in [1.165, 1.54) is 6.26 Å². The molecule has 0 aromatic heterocycles. The summed E-state index contributed by atoms with van der Waals surface area (Å²) in [4.78, 5) is 11.7. The minimum atomic E-state index is -0.704. The molecule has 3 N–H and O–H groups in total. The number of rotatable bonds is 2. The van der Waals surface area contributed by atoms with E-state index in [2.05, 4.69) is 0 Å². The molecule has 6 heteroatoms. The summed E-state index contributed by atoms with van der Waals surface area (Å²) < 4.78 is 10.1. The normalized spacial score (nSPS) is 18.1. The van der Waals surface area contributed by atoms with Crippen molar-refractivity contribution in [2.75, 3.05) is 6.61 Å². The van der Waals surface area contributed by atoms with Crippen LogP contribution in [-0.2, 0) is 9.47 Å². The standard InChI is InChI=1S/C12H12O6/c13-9-4-7(5-10(14)11(9)15)12(16)18-8-2-1-3-17-6-8/h1,3-5,8,13-15H,2,6H2. The van der Waals surface area contributed by atoms with Crippen LogP contribution >= 0.6 is 0 Å². The molecule has 2 rings (SSSR count). The highest BCUT2D eigenvalue weighted by Gasteiger charge is 2.19. The van der Waals surface area contributed by atoms with Gasteiger partial charge in [-0.05, 0) is 18.2 Å². The molecule has 0 saturated carbocycles. The third kappa shape index (κ3) is 2.48. The molecule has 0 radical (unpaired) electrons. The maximum absolute atomic E-state index is 11.7. The second kappa shape index (κ2) is 4.87. The van der Waals surface area contributed by atoms with Crippen LogP contribution in [0.1, 0.15) is 16.8 Å². The molecule has 18 heavy (non-hydrogen) atoms. The van der Waals surface area contributed by atoms with Gasteiger partial charge in [-0.15, -0.1) is 0 Å². The molecule has 1 aliphatic rings. The summed E-state index contributed by atoms with van der Waals surface area (Å²) in [6.07, 6.45) is 3.40. The van der Waals surface area contributed by atoms with Crippen molar-refractivity contribution in [2.24, 2.45) is 0 Å². The molecule has 1 aliphatic heterocycles. The number of esters is 1. The zero-order chi connectivity index (χ0) is 13.1.